The summed E-state index contributed by atoms with van der Waals surface area (Å²) in [7, 11) is 0. The minimum atomic E-state index is 0.283. The molecule has 0 unspecified atom stereocenters. The molecule has 0 amide bonds. The fraction of sp³-hybridized carbons (Fsp3) is 0. The molecule has 0 bridgehead atoms. The van der Waals surface area contributed by atoms with Gasteiger partial charge < -0.3 is 4.74 Å². The maximum Gasteiger partial charge on any atom is 0.299 e. The van der Waals surface area contributed by atoms with Crippen molar-refractivity contribution < 1.29 is 9.53 Å². The normalized spacial score (nSPS) is 10.6. The van der Waals surface area contributed by atoms with Crippen molar-refractivity contribution in [2.24, 2.45) is 0 Å². The SMILES string of the molecule is O=COc1ccc2ccc3cccnc3c2n1. The molecule has 1 aromatic carbocycles. The van der Waals surface area contributed by atoms with Gasteiger partial charge in [-0.1, -0.05) is 18.2 Å². The van der Waals surface area contributed by atoms with E-state index in [9.17, 15) is 4.79 Å². The van der Waals surface area contributed by atoms with Gasteiger partial charge in [-0.25, -0.2) is 4.98 Å². The van der Waals surface area contributed by atoms with E-state index in [0.29, 0.717) is 6.47 Å². The van der Waals surface area contributed by atoms with Gasteiger partial charge in [0.25, 0.3) is 6.47 Å². The smallest absolute Gasteiger partial charge is 0.299 e. The molecule has 0 atom stereocenters. The van der Waals surface area contributed by atoms with Gasteiger partial charge in [-0.15, -0.1) is 0 Å². The van der Waals surface area contributed by atoms with Crippen LogP contribution in [0.2, 0.25) is 0 Å². The molecule has 3 rings (SSSR count). The number of carbonyl (C=O) groups excluding carboxylic acids is 1. The van der Waals surface area contributed by atoms with E-state index < -0.39 is 0 Å². The molecule has 0 fully saturated rings. The Morgan fingerprint density at radius 1 is 1.00 bits per heavy atom. The van der Waals surface area contributed by atoms with Crippen LogP contribution in [0.15, 0.2) is 42.6 Å². The van der Waals surface area contributed by atoms with Crippen molar-refractivity contribution in [2.45, 2.75) is 0 Å². The fourth-order valence-corrected chi connectivity index (χ4v) is 1.82. The van der Waals surface area contributed by atoms with Crippen molar-refractivity contribution >= 4 is 28.3 Å². The van der Waals surface area contributed by atoms with Crippen molar-refractivity contribution in [1.82, 2.24) is 9.97 Å². The van der Waals surface area contributed by atoms with Crippen LogP contribution >= 0.6 is 0 Å². The lowest BCUT2D eigenvalue weighted by molar-refractivity contribution is -0.120. The first-order valence-electron chi connectivity index (χ1n) is 5.13. The highest BCUT2D eigenvalue weighted by atomic mass is 16.5. The number of aromatic nitrogens is 2. The van der Waals surface area contributed by atoms with Crippen LogP contribution in [-0.2, 0) is 4.79 Å². The van der Waals surface area contributed by atoms with Gasteiger partial charge in [-0.3, -0.25) is 9.78 Å². The summed E-state index contributed by atoms with van der Waals surface area (Å²) >= 11 is 0. The second kappa shape index (κ2) is 3.83. The number of nitrogens with zero attached hydrogens (tertiary/aromatic N) is 2. The molecule has 0 aliphatic heterocycles. The molecule has 0 aliphatic carbocycles. The summed E-state index contributed by atoms with van der Waals surface area (Å²) in [6.07, 6.45) is 1.72. The molecule has 2 aromatic heterocycles. The summed E-state index contributed by atoms with van der Waals surface area (Å²) in [6, 6.07) is 11.3. The molecule has 0 spiro atoms. The minimum Gasteiger partial charge on any atom is -0.410 e. The lowest BCUT2D eigenvalue weighted by Gasteiger charge is -2.03. The Morgan fingerprint density at radius 3 is 2.59 bits per heavy atom. The van der Waals surface area contributed by atoms with Crippen LogP contribution in [0.5, 0.6) is 5.88 Å². The van der Waals surface area contributed by atoms with Crippen LogP contribution in [0.4, 0.5) is 0 Å². The van der Waals surface area contributed by atoms with Gasteiger partial charge in [0.2, 0.25) is 5.88 Å². The maximum atomic E-state index is 10.3. The monoisotopic (exact) mass is 224 g/mol. The van der Waals surface area contributed by atoms with Gasteiger partial charge in [0.05, 0.1) is 5.52 Å². The van der Waals surface area contributed by atoms with Crippen LogP contribution in [0.25, 0.3) is 21.8 Å². The predicted octanol–water partition coefficient (Wildman–Crippen LogP) is 2.32. The van der Waals surface area contributed by atoms with Gasteiger partial charge in [0.15, 0.2) is 0 Å². The first-order chi connectivity index (χ1) is 8.38. The van der Waals surface area contributed by atoms with Crippen molar-refractivity contribution in [3.8, 4) is 5.88 Å². The summed E-state index contributed by atoms with van der Waals surface area (Å²) in [4.78, 5) is 18.9. The molecule has 17 heavy (non-hydrogen) atoms. The quantitative estimate of drug-likeness (QED) is 0.495. The Balaban J connectivity index is 2.38. The molecule has 82 valence electrons. The van der Waals surface area contributed by atoms with E-state index in [2.05, 4.69) is 9.97 Å². The average molecular weight is 224 g/mol. The number of benzene rings is 1. The van der Waals surface area contributed by atoms with Crippen molar-refractivity contribution in [2.75, 3.05) is 0 Å². The Labute approximate surface area is 96.9 Å². The fourth-order valence-electron chi connectivity index (χ4n) is 1.82. The van der Waals surface area contributed by atoms with Crippen LogP contribution < -0.4 is 4.74 Å². The highest BCUT2D eigenvalue weighted by molar-refractivity contribution is 6.02. The number of carbonyl (C=O) groups is 1. The van der Waals surface area contributed by atoms with E-state index in [0.717, 1.165) is 21.8 Å². The molecular formula is C13H8N2O2. The van der Waals surface area contributed by atoms with E-state index in [4.69, 9.17) is 4.74 Å². The molecular weight excluding hydrogens is 216 g/mol. The lowest BCUT2D eigenvalue weighted by Crippen LogP contribution is -1.92. The van der Waals surface area contributed by atoms with E-state index >= 15 is 0 Å². The Morgan fingerprint density at radius 2 is 1.76 bits per heavy atom. The summed E-state index contributed by atoms with van der Waals surface area (Å²) in [5.74, 6) is 0.283. The molecule has 4 heteroatoms. The second-order valence-corrected chi connectivity index (χ2v) is 3.58. The third-order valence-electron chi connectivity index (χ3n) is 2.58. The average Bonchev–Trinajstić information content (AvgIpc) is 2.39. The van der Waals surface area contributed by atoms with Crippen molar-refractivity contribution in [3.63, 3.8) is 0 Å². The number of rotatable bonds is 2. The van der Waals surface area contributed by atoms with E-state index in [-0.39, 0.29) is 5.88 Å². The third-order valence-corrected chi connectivity index (χ3v) is 2.58. The Kier molecular flexibility index (Phi) is 2.19. The number of ether oxygens (including phenoxy) is 1. The second-order valence-electron chi connectivity index (χ2n) is 3.58. The molecule has 0 aliphatic rings. The topological polar surface area (TPSA) is 52.1 Å². The Hall–Kier alpha value is -2.49. The van der Waals surface area contributed by atoms with E-state index in [1.165, 1.54) is 0 Å². The molecule has 0 radical (unpaired) electrons. The predicted molar refractivity (Wildman–Crippen MR) is 63.7 cm³/mol. The maximum absolute atomic E-state index is 10.3. The van der Waals surface area contributed by atoms with Gasteiger partial charge in [0.1, 0.15) is 5.52 Å². The zero-order chi connectivity index (χ0) is 11.7. The van der Waals surface area contributed by atoms with Gasteiger partial charge in [0, 0.05) is 23.0 Å². The number of pyridine rings is 2. The van der Waals surface area contributed by atoms with Crippen LogP contribution in [0, 0.1) is 0 Å². The number of hydrogen-bond donors (Lipinski definition) is 0. The first kappa shape index (κ1) is 9.72. The van der Waals surface area contributed by atoms with E-state index in [1.807, 2.05) is 30.3 Å². The summed E-state index contributed by atoms with van der Waals surface area (Å²) in [5.41, 5.74) is 1.55. The minimum absolute atomic E-state index is 0.283. The van der Waals surface area contributed by atoms with Crippen LogP contribution in [0.1, 0.15) is 0 Å². The van der Waals surface area contributed by atoms with Crippen LogP contribution in [0.3, 0.4) is 0 Å². The van der Waals surface area contributed by atoms with Gasteiger partial charge in [-0.05, 0) is 12.1 Å². The van der Waals surface area contributed by atoms with E-state index in [1.54, 1.807) is 12.3 Å². The van der Waals surface area contributed by atoms with Crippen molar-refractivity contribution in [3.05, 3.63) is 42.6 Å². The number of hydrogen-bond acceptors (Lipinski definition) is 4. The number of fused-ring (bicyclic) bond motifs is 3. The summed E-state index contributed by atoms with van der Waals surface area (Å²) in [5, 5.41) is 1.98. The molecule has 0 N–H and O–H groups in total. The van der Waals surface area contributed by atoms with Crippen molar-refractivity contribution in [1.29, 1.82) is 0 Å². The largest absolute Gasteiger partial charge is 0.410 e. The zero-order valence-corrected chi connectivity index (χ0v) is 8.83. The lowest BCUT2D eigenvalue weighted by atomic mass is 10.1. The first-order valence-corrected chi connectivity index (χ1v) is 5.13. The zero-order valence-electron chi connectivity index (χ0n) is 8.83. The third kappa shape index (κ3) is 1.59. The molecule has 4 nitrogen and oxygen atoms in total. The summed E-state index contributed by atoms with van der Waals surface area (Å²) < 4.78 is 4.74. The molecule has 2 heterocycles. The molecule has 0 saturated carbocycles. The van der Waals surface area contributed by atoms with Gasteiger partial charge in [-0.2, -0.15) is 0 Å². The highest BCUT2D eigenvalue weighted by Gasteiger charge is 2.04. The molecule has 3 aromatic rings. The summed E-state index contributed by atoms with van der Waals surface area (Å²) in [6.45, 7) is 0.368. The Bertz CT molecular complexity index is 710. The van der Waals surface area contributed by atoms with Gasteiger partial charge >= 0.3 is 0 Å². The molecule has 0 saturated heterocycles. The highest BCUT2D eigenvalue weighted by Crippen LogP contribution is 2.23. The standard InChI is InChI=1S/C13H8N2O2/c16-8-17-11-6-5-10-4-3-9-2-1-7-14-12(9)13(10)15-11/h1-8H. The van der Waals surface area contributed by atoms with Crippen LogP contribution in [-0.4, -0.2) is 16.4 Å².